The summed E-state index contributed by atoms with van der Waals surface area (Å²) in [4.78, 5) is 7.08. The molecule has 0 radical (unpaired) electrons. The number of fused-ring (bicyclic) bond motifs is 2. The number of phenolic OH excluding ortho intramolecular Hbond substituents is 2. The minimum absolute atomic E-state index is 0.0511. The fourth-order valence-corrected chi connectivity index (χ4v) is 7.92. The van der Waals surface area contributed by atoms with Crippen LogP contribution in [-0.2, 0) is 20.2 Å². The number of diazo groups is 2. The molecule has 2 N–H and O–H groups in total. The van der Waals surface area contributed by atoms with E-state index >= 15 is 0 Å². The van der Waals surface area contributed by atoms with Gasteiger partial charge in [-0.1, -0.05) is 36.0 Å². The van der Waals surface area contributed by atoms with Crippen LogP contribution in [0.25, 0.3) is 31.5 Å². The molecule has 6 aromatic rings. The predicted octanol–water partition coefficient (Wildman–Crippen LogP) is 8.06. The van der Waals surface area contributed by atoms with Crippen molar-refractivity contribution in [2.75, 3.05) is 0 Å². The molecule has 0 amide bonds. The normalized spacial score (nSPS) is 11.5. The molecule has 0 unspecified atom stereocenters. The van der Waals surface area contributed by atoms with Gasteiger partial charge in [-0.25, -0.2) is 0 Å². The van der Waals surface area contributed by atoms with E-state index in [9.17, 15) is 27.0 Å². The largest absolute Gasteiger partial charge is 0.501 e. The molecule has 0 aliphatic rings. The zero-order valence-corrected chi connectivity index (χ0v) is 26.2. The summed E-state index contributed by atoms with van der Waals surface area (Å²) < 4.78 is 63.2. The first-order valence-corrected chi connectivity index (χ1v) is 17.1. The van der Waals surface area contributed by atoms with Gasteiger partial charge in [0.25, 0.3) is 0 Å². The Labute approximate surface area is 271 Å². The third-order valence-electron chi connectivity index (χ3n) is 6.99. The highest BCUT2D eigenvalue weighted by Gasteiger charge is 2.26. The number of nitrogens with zero attached hydrogens (tertiary/aromatic N) is 4. The maximum absolute atomic E-state index is 13.1. The quantitative estimate of drug-likeness (QED) is 0.117. The molecule has 0 aromatic heterocycles. The predicted molar refractivity (Wildman–Crippen MR) is 173 cm³/mol. The van der Waals surface area contributed by atoms with Crippen molar-refractivity contribution in [3.8, 4) is 23.0 Å². The highest BCUT2D eigenvalue weighted by atomic mass is 32.2. The summed E-state index contributed by atoms with van der Waals surface area (Å²) in [6.07, 6.45) is 0. The Hall–Kier alpha value is -5.87. The molecule has 0 aliphatic heterocycles. The van der Waals surface area contributed by atoms with Gasteiger partial charge in [0.1, 0.15) is 21.3 Å². The van der Waals surface area contributed by atoms with E-state index in [4.69, 9.17) is 19.2 Å². The number of aromatic hydroxyl groups is 2. The lowest BCUT2D eigenvalue weighted by Gasteiger charge is -2.11. The maximum Gasteiger partial charge on any atom is 0.426 e. The molecule has 0 bridgehead atoms. The van der Waals surface area contributed by atoms with Gasteiger partial charge in [0.15, 0.2) is 9.95 Å². The van der Waals surface area contributed by atoms with Crippen molar-refractivity contribution in [1.82, 2.24) is 0 Å². The smallest absolute Gasteiger partial charge is 0.426 e. The minimum Gasteiger partial charge on any atom is -0.501 e. The zero-order chi connectivity index (χ0) is 33.3. The Morgan fingerprint density at radius 2 is 0.894 bits per heavy atom. The third kappa shape index (κ3) is 6.06. The fourth-order valence-electron chi connectivity index (χ4n) is 4.81. The van der Waals surface area contributed by atoms with Crippen molar-refractivity contribution in [2.24, 2.45) is 0 Å². The van der Waals surface area contributed by atoms with E-state index in [0.717, 1.165) is 9.79 Å². The van der Waals surface area contributed by atoms with E-state index in [0.29, 0.717) is 0 Å². The average molecular weight is 685 g/mol. The van der Waals surface area contributed by atoms with E-state index in [1.165, 1.54) is 96.7 Å². The SMILES string of the molecule is N#[N+]c1ccc2c(S(=O)(=O)Oc3ccc(Sc4ccc(OS(=O)(=O)c5cccc6c(O)c([N+]#N)ccc56)cc4)cc3)cccc2c1O. The molecule has 0 atom stereocenters. The molecule has 15 heteroatoms. The zero-order valence-electron chi connectivity index (χ0n) is 23.7. The van der Waals surface area contributed by atoms with Crippen LogP contribution in [0.2, 0.25) is 0 Å². The molecule has 0 fully saturated rings. The summed E-state index contributed by atoms with van der Waals surface area (Å²) in [6, 6.07) is 26.4. The summed E-state index contributed by atoms with van der Waals surface area (Å²) >= 11 is 1.32. The molecular formula is C32H20N4O8S3+2. The molecule has 232 valence electrons. The number of phenols is 2. The molecule has 0 saturated carbocycles. The lowest BCUT2D eigenvalue weighted by Crippen LogP contribution is -2.10. The standard InChI is InChI=1S/C32H18N4O8S3/c33-35-27-17-15-23-25(31(27)37)3-1-5-29(23)46(39,40)43-19-7-11-21(12-8-19)45-22-13-9-20(10-14-22)44-47(41,42)30-6-2-4-26-24(30)16-18-28(36-34)32(26)38/h1-18H/p+2. The van der Waals surface area contributed by atoms with Crippen LogP contribution in [0, 0.1) is 10.8 Å². The highest BCUT2D eigenvalue weighted by molar-refractivity contribution is 7.99. The van der Waals surface area contributed by atoms with Crippen LogP contribution in [0.15, 0.2) is 129 Å². The monoisotopic (exact) mass is 684 g/mol. The fraction of sp³-hybridized carbons (Fsp3) is 0. The Bertz CT molecular complexity index is 2330. The van der Waals surface area contributed by atoms with E-state index in [2.05, 4.69) is 9.95 Å². The maximum atomic E-state index is 13.1. The Morgan fingerprint density at radius 1 is 0.511 bits per heavy atom. The second-order valence-corrected chi connectivity index (χ2v) is 14.1. The van der Waals surface area contributed by atoms with Gasteiger partial charge in [-0.2, -0.15) is 16.8 Å². The van der Waals surface area contributed by atoms with Crippen molar-refractivity contribution in [1.29, 1.82) is 10.8 Å². The van der Waals surface area contributed by atoms with Crippen LogP contribution in [-0.4, -0.2) is 27.0 Å². The van der Waals surface area contributed by atoms with Crippen molar-refractivity contribution in [3.05, 3.63) is 119 Å². The van der Waals surface area contributed by atoms with E-state index in [1.54, 1.807) is 24.3 Å². The Kier molecular flexibility index (Phi) is 8.04. The summed E-state index contributed by atoms with van der Waals surface area (Å²) in [5, 5.41) is 39.4. The van der Waals surface area contributed by atoms with Gasteiger partial charge in [0.05, 0.1) is 0 Å². The van der Waals surface area contributed by atoms with E-state index in [1.807, 2.05) is 0 Å². The van der Waals surface area contributed by atoms with Crippen molar-refractivity contribution in [2.45, 2.75) is 19.6 Å². The van der Waals surface area contributed by atoms with Gasteiger partial charge in [0.2, 0.25) is 22.3 Å². The first kappa shape index (κ1) is 31.1. The Balaban J connectivity index is 1.15. The molecule has 0 heterocycles. The summed E-state index contributed by atoms with van der Waals surface area (Å²) in [5.74, 6) is -0.638. The first-order valence-electron chi connectivity index (χ1n) is 13.5. The first-order chi connectivity index (χ1) is 22.5. The van der Waals surface area contributed by atoms with Crippen LogP contribution >= 0.6 is 11.8 Å². The van der Waals surface area contributed by atoms with Crippen LogP contribution in [0.1, 0.15) is 0 Å². The lowest BCUT2D eigenvalue weighted by atomic mass is 10.1. The van der Waals surface area contributed by atoms with Gasteiger partial charge < -0.3 is 18.6 Å². The average Bonchev–Trinajstić information content (AvgIpc) is 3.06. The number of hydrogen-bond acceptors (Lipinski definition) is 11. The molecule has 0 spiro atoms. The van der Waals surface area contributed by atoms with Crippen LogP contribution in [0.4, 0.5) is 11.4 Å². The Morgan fingerprint density at radius 3 is 1.26 bits per heavy atom. The summed E-state index contributed by atoms with van der Waals surface area (Å²) in [5.41, 5.74) is -0.210. The van der Waals surface area contributed by atoms with Gasteiger partial charge in [0, 0.05) is 43.5 Å². The highest BCUT2D eigenvalue weighted by Crippen LogP contribution is 2.39. The van der Waals surface area contributed by atoms with Crippen molar-refractivity contribution in [3.63, 3.8) is 0 Å². The van der Waals surface area contributed by atoms with Gasteiger partial charge >= 0.3 is 31.6 Å². The minimum atomic E-state index is -4.31. The van der Waals surface area contributed by atoms with Gasteiger partial charge in [-0.3, -0.25) is 0 Å². The van der Waals surface area contributed by atoms with Crippen molar-refractivity contribution >= 4 is 64.9 Å². The van der Waals surface area contributed by atoms with Crippen LogP contribution < -0.4 is 8.37 Å². The summed E-state index contributed by atoms with van der Waals surface area (Å²) in [6.45, 7) is 0. The topological polar surface area (TPSA) is 183 Å². The molecule has 0 aliphatic carbocycles. The van der Waals surface area contributed by atoms with Gasteiger partial charge in [-0.05, 0) is 72.8 Å². The van der Waals surface area contributed by atoms with Crippen molar-refractivity contribution < 1.29 is 35.4 Å². The number of benzene rings is 6. The molecular weight excluding hydrogens is 665 g/mol. The van der Waals surface area contributed by atoms with E-state index in [-0.39, 0.29) is 65.7 Å². The number of rotatable bonds is 8. The van der Waals surface area contributed by atoms with Gasteiger partial charge in [-0.15, -0.1) is 0 Å². The molecule has 47 heavy (non-hydrogen) atoms. The summed E-state index contributed by atoms with van der Waals surface area (Å²) in [7, 11) is -8.61. The molecule has 0 saturated heterocycles. The lowest BCUT2D eigenvalue weighted by molar-refractivity contribution is 0.482. The van der Waals surface area contributed by atoms with E-state index < -0.39 is 20.2 Å². The molecule has 6 aromatic carbocycles. The van der Waals surface area contributed by atoms with Crippen LogP contribution in [0.5, 0.6) is 23.0 Å². The molecule has 6 rings (SSSR count). The van der Waals surface area contributed by atoms with Crippen LogP contribution in [0.3, 0.4) is 0 Å². The number of hydrogen-bond donors (Lipinski definition) is 2. The second-order valence-electron chi connectivity index (χ2n) is 9.89. The third-order valence-corrected chi connectivity index (χ3v) is 10.6. The molecule has 12 nitrogen and oxygen atoms in total. The second kappa shape index (κ2) is 12.1.